The molecule has 2 rings (SSSR count). The van der Waals surface area contributed by atoms with Crippen LogP contribution in [0, 0.1) is 0 Å². The van der Waals surface area contributed by atoms with Gasteiger partial charge in [-0.2, -0.15) is 0 Å². The molecule has 3 N–H and O–H groups in total. The molecule has 1 aromatic carbocycles. The Morgan fingerprint density at radius 3 is 2.68 bits per heavy atom. The van der Waals surface area contributed by atoms with Gasteiger partial charge >= 0.3 is 0 Å². The molecule has 0 saturated carbocycles. The first-order chi connectivity index (χ1) is 9.24. The molecule has 98 valence electrons. The van der Waals surface area contributed by atoms with Crippen molar-refractivity contribution in [3.05, 3.63) is 54.2 Å². The van der Waals surface area contributed by atoms with Crippen LogP contribution >= 0.6 is 11.8 Å². The molecule has 1 heterocycles. The van der Waals surface area contributed by atoms with Gasteiger partial charge in [0.15, 0.2) is 0 Å². The van der Waals surface area contributed by atoms with Gasteiger partial charge in [-0.1, -0.05) is 42.1 Å². The van der Waals surface area contributed by atoms with Gasteiger partial charge in [0.2, 0.25) is 5.91 Å². The Hall–Kier alpha value is -2.01. The number of rotatable bonds is 5. The predicted octanol–water partition coefficient (Wildman–Crippen LogP) is 2.07. The number of nitrogen functional groups attached to an aromatic ring is 1. The molecule has 0 unspecified atom stereocenters. The van der Waals surface area contributed by atoms with E-state index in [1.165, 1.54) is 11.8 Å². The number of anilines is 1. The smallest absolute Gasteiger partial charge is 0.230 e. The molecule has 0 saturated heterocycles. The predicted molar refractivity (Wildman–Crippen MR) is 77.7 cm³/mol. The summed E-state index contributed by atoms with van der Waals surface area (Å²) in [6, 6.07) is 13.4. The molecule has 0 aliphatic rings. The van der Waals surface area contributed by atoms with E-state index in [1.54, 1.807) is 12.3 Å². The molecule has 19 heavy (non-hydrogen) atoms. The number of nitrogens with two attached hydrogens (primary N) is 1. The fourth-order valence-electron chi connectivity index (χ4n) is 1.46. The fourth-order valence-corrected chi connectivity index (χ4v) is 2.14. The van der Waals surface area contributed by atoms with E-state index in [9.17, 15) is 4.79 Å². The number of pyridine rings is 1. The summed E-state index contributed by atoms with van der Waals surface area (Å²) in [5.41, 5.74) is 7.26. The molecule has 0 atom stereocenters. The van der Waals surface area contributed by atoms with Crippen molar-refractivity contribution in [1.29, 1.82) is 0 Å². The monoisotopic (exact) mass is 273 g/mol. The lowest BCUT2D eigenvalue weighted by Crippen LogP contribution is -2.24. The van der Waals surface area contributed by atoms with Crippen molar-refractivity contribution in [3.8, 4) is 0 Å². The van der Waals surface area contributed by atoms with Crippen LogP contribution in [-0.2, 0) is 11.3 Å². The van der Waals surface area contributed by atoms with Crippen LogP contribution in [0.4, 0.5) is 5.69 Å². The third kappa shape index (κ3) is 4.63. The lowest BCUT2D eigenvalue weighted by atomic mass is 10.2. The number of benzene rings is 1. The highest BCUT2D eigenvalue weighted by Gasteiger charge is 2.03. The van der Waals surface area contributed by atoms with Crippen LogP contribution in [0.3, 0.4) is 0 Å². The van der Waals surface area contributed by atoms with Gasteiger partial charge in [0.25, 0.3) is 0 Å². The number of hydrogen-bond donors (Lipinski definition) is 2. The van der Waals surface area contributed by atoms with E-state index in [-0.39, 0.29) is 5.91 Å². The summed E-state index contributed by atoms with van der Waals surface area (Å²) in [6.07, 6.45) is 1.59. The normalized spacial score (nSPS) is 10.1. The summed E-state index contributed by atoms with van der Waals surface area (Å²) in [7, 11) is 0. The zero-order valence-electron chi connectivity index (χ0n) is 10.4. The number of nitrogens with zero attached hydrogens (tertiary/aromatic N) is 1. The fraction of sp³-hybridized carbons (Fsp3) is 0.143. The molecular formula is C14H15N3OS. The lowest BCUT2D eigenvalue weighted by molar-refractivity contribution is -0.118. The van der Waals surface area contributed by atoms with Gasteiger partial charge in [0.05, 0.1) is 22.7 Å². The number of hydrogen-bond acceptors (Lipinski definition) is 4. The average molecular weight is 273 g/mol. The van der Waals surface area contributed by atoms with Crippen LogP contribution < -0.4 is 11.1 Å². The van der Waals surface area contributed by atoms with Gasteiger partial charge in [0.1, 0.15) is 0 Å². The van der Waals surface area contributed by atoms with Gasteiger partial charge in [-0.3, -0.25) is 4.79 Å². The average Bonchev–Trinajstić information content (AvgIpc) is 2.45. The highest BCUT2D eigenvalue weighted by atomic mass is 32.2. The summed E-state index contributed by atoms with van der Waals surface area (Å²) in [5.74, 6) is 0.344. The minimum absolute atomic E-state index is 0.00696. The second-order valence-electron chi connectivity index (χ2n) is 3.98. The molecule has 0 fully saturated rings. The van der Waals surface area contributed by atoms with Gasteiger partial charge in [-0.05, 0) is 17.7 Å². The minimum atomic E-state index is -0.00696. The molecular weight excluding hydrogens is 258 g/mol. The molecule has 0 spiro atoms. The Balaban J connectivity index is 1.74. The van der Waals surface area contributed by atoms with Crippen LogP contribution in [-0.4, -0.2) is 16.6 Å². The maximum Gasteiger partial charge on any atom is 0.230 e. The first kappa shape index (κ1) is 13.4. The topological polar surface area (TPSA) is 68.0 Å². The summed E-state index contributed by atoms with van der Waals surface area (Å²) in [5, 5.41) is 3.66. The Labute approximate surface area is 116 Å². The van der Waals surface area contributed by atoms with E-state index in [4.69, 9.17) is 5.73 Å². The number of nitrogens with one attached hydrogen (secondary N) is 1. The van der Waals surface area contributed by atoms with Crippen molar-refractivity contribution in [1.82, 2.24) is 10.3 Å². The van der Waals surface area contributed by atoms with Crippen LogP contribution in [0.2, 0.25) is 0 Å². The van der Waals surface area contributed by atoms with Crippen molar-refractivity contribution in [2.24, 2.45) is 0 Å². The van der Waals surface area contributed by atoms with E-state index < -0.39 is 0 Å². The number of aromatic nitrogens is 1. The summed E-state index contributed by atoms with van der Waals surface area (Å²) in [4.78, 5) is 15.8. The SMILES string of the molecule is Nc1ccc(SCC(=O)NCc2ccccc2)nc1. The third-order valence-electron chi connectivity index (χ3n) is 2.44. The van der Waals surface area contributed by atoms with E-state index in [0.717, 1.165) is 10.6 Å². The van der Waals surface area contributed by atoms with E-state index in [2.05, 4.69) is 10.3 Å². The Morgan fingerprint density at radius 2 is 2.00 bits per heavy atom. The molecule has 2 aromatic rings. The second kappa shape index (κ2) is 6.80. The van der Waals surface area contributed by atoms with Gasteiger partial charge in [-0.15, -0.1) is 0 Å². The van der Waals surface area contributed by atoms with Crippen LogP contribution in [0.1, 0.15) is 5.56 Å². The molecule has 0 radical (unpaired) electrons. The largest absolute Gasteiger partial charge is 0.397 e. The van der Waals surface area contributed by atoms with Gasteiger partial charge in [0, 0.05) is 6.54 Å². The molecule has 0 aliphatic carbocycles. The Morgan fingerprint density at radius 1 is 1.21 bits per heavy atom. The van der Waals surface area contributed by atoms with Crippen molar-refractivity contribution in [3.63, 3.8) is 0 Å². The zero-order chi connectivity index (χ0) is 13.5. The maximum atomic E-state index is 11.7. The number of carbonyl (C=O) groups is 1. The number of thioether (sulfide) groups is 1. The molecule has 4 nitrogen and oxygen atoms in total. The standard InChI is InChI=1S/C14H15N3OS/c15-12-6-7-14(17-9-12)19-10-13(18)16-8-11-4-2-1-3-5-11/h1-7,9H,8,10,15H2,(H,16,18). The summed E-state index contributed by atoms with van der Waals surface area (Å²) in [6.45, 7) is 0.551. The molecule has 1 aromatic heterocycles. The van der Waals surface area contributed by atoms with Gasteiger partial charge < -0.3 is 11.1 Å². The van der Waals surface area contributed by atoms with Crippen LogP contribution in [0.25, 0.3) is 0 Å². The highest BCUT2D eigenvalue weighted by Crippen LogP contribution is 2.15. The quantitative estimate of drug-likeness (QED) is 0.818. The molecule has 5 heteroatoms. The van der Waals surface area contributed by atoms with Crippen molar-refractivity contribution >= 4 is 23.4 Å². The van der Waals surface area contributed by atoms with E-state index in [0.29, 0.717) is 18.0 Å². The summed E-state index contributed by atoms with van der Waals surface area (Å²) < 4.78 is 0. The van der Waals surface area contributed by atoms with Crippen molar-refractivity contribution in [2.45, 2.75) is 11.6 Å². The Bertz CT molecular complexity index is 528. The number of amides is 1. The Kier molecular flexibility index (Phi) is 4.80. The molecule has 1 amide bonds. The van der Waals surface area contributed by atoms with Crippen molar-refractivity contribution in [2.75, 3.05) is 11.5 Å². The highest BCUT2D eigenvalue weighted by molar-refractivity contribution is 7.99. The van der Waals surface area contributed by atoms with Crippen molar-refractivity contribution < 1.29 is 4.79 Å². The molecule has 0 aliphatic heterocycles. The summed E-state index contributed by atoms with van der Waals surface area (Å²) >= 11 is 1.39. The van der Waals surface area contributed by atoms with Crippen LogP contribution in [0.15, 0.2) is 53.7 Å². The second-order valence-corrected chi connectivity index (χ2v) is 4.98. The van der Waals surface area contributed by atoms with E-state index in [1.807, 2.05) is 36.4 Å². The first-order valence-corrected chi connectivity index (χ1v) is 6.87. The number of carbonyl (C=O) groups excluding carboxylic acids is 1. The van der Waals surface area contributed by atoms with E-state index >= 15 is 0 Å². The third-order valence-corrected chi connectivity index (χ3v) is 3.39. The van der Waals surface area contributed by atoms with Crippen LogP contribution in [0.5, 0.6) is 0 Å². The maximum absolute atomic E-state index is 11.7. The molecule has 0 bridgehead atoms. The zero-order valence-corrected chi connectivity index (χ0v) is 11.2. The van der Waals surface area contributed by atoms with Gasteiger partial charge in [-0.25, -0.2) is 4.98 Å². The lowest BCUT2D eigenvalue weighted by Gasteiger charge is -2.05. The minimum Gasteiger partial charge on any atom is -0.397 e. The first-order valence-electron chi connectivity index (χ1n) is 5.89.